The van der Waals surface area contributed by atoms with Gasteiger partial charge in [0.15, 0.2) is 0 Å². The molecule has 3 aliphatic rings. The van der Waals surface area contributed by atoms with Gasteiger partial charge in [-0.05, 0) is 57.0 Å². The fourth-order valence-electron chi connectivity index (χ4n) is 5.25. The molecule has 1 spiro atoms. The highest BCUT2D eigenvalue weighted by atomic mass is 16.6. The number of rotatable bonds is 3. The van der Waals surface area contributed by atoms with Gasteiger partial charge in [0.2, 0.25) is 0 Å². The summed E-state index contributed by atoms with van der Waals surface area (Å²) in [6.07, 6.45) is 2.58. The van der Waals surface area contributed by atoms with Crippen molar-refractivity contribution in [2.45, 2.75) is 51.7 Å². The highest BCUT2D eigenvalue weighted by Crippen LogP contribution is 2.62. The van der Waals surface area contributed by atoms with Crippen molar-refractivity contribution < 1.29 is 28.6 Å². The standard InChI is InChI=1S/C23H26O6/c1-13-9-10-23-17(14(2)20(25)29-23)12-18(24)22(23,3)19(11-13)28-21(26)15-5-7-16(27-4)8-6-15/h5-8,11,14,17,19H,9-10,12H2,1-4H3/t14-,17+,19+,22-,23+/m1/s1. The van der Waals surface area contributed by atoms with Crippen LogP contribution >= 0.6 is 0 Å². The molecule has 0 unspecified atom stereocenters. The Morgan fingerprint density at radius 3 is 2.55 bits per heavy atom. The number of allylic oxidation sites excluding steroid dienone is 1. The molecule has 5 atom stereocenters. The van der Waals surface area contributed by atoms with E-state index in [1.807, 2.05) is 19.9 Å². The summed E-state index contributed by atoms with van der Waals surface area (Å²) in [5.41, 5.74) is -0.639. The number of esters is 2. The minimum absolute atomic E-state index is 0.0136. The first-order valence-electron chi connectivity index (χ1n) is 10.0. The van der Waals surface area contributed by atoms with Gasteiger partial charge in [0, 0.05) is 12.3 Å². The zero-order chi connectivity index (χ0) is 21.0. The van der Waals surface area contributed by atoms with Crippen molar-refractivity contribution in [2.24, 2.45) is 17.3 Å². The molecule has 4 rings (SSSR count). The molecule has 2 fully saturated rings. The third kappa shape index (κ3) is 2.72. The zero-order valence-electron chi connectivity index (χ0n) is 17.2. The highest BCUT2D eigenvalue weighted by Gasteiger charge is 2.73. The Bertz CT molecular complexity index is 900. The van der Waals surface area contributed by atoms with Gasteiger partial charge in [0.25, 0.3) is 0 Å². The molecule has 1 saturated carbocycles. The maximum Gasteiger partial charge on any atom is 0.338 e. The number of benzene rings is 1. The molecule has 154 valence electrons. The van der Waals surface area contributed by atoms with E-state index in [1.165, 1.54) is 0 Å². The monoisotopic (exact) mass is 398 g/mol. The largest absolute Gasteiger partial charge is 0.497 e. The summed E-state index contributed by atoms with van der Waals surface area (Å²) in [4.78, 5) is 38.5. The number of ether oxygens (including phenoxy) is 3. The molecule has 1 aromatic carbocycles. The smallest absolute Gasteiger partial charge is 0.338 e. The second-order valence-corrected chi connectivity index (χ2v) is 8.60. The lowest BCUT2D eigenvalue weighted by atomic mass is 9.67. The lowest BCUT2D eigenvalue weighted by Crippen LogP contribution is -2.55. The fraction of sp³-hybridized carbons (Fsp3) is 0.522. The van der Waals surface area contributed by atoms with Gasteiger partial charge >= 0.3 is 11.9 Å². The van der Waals surface area contributed by atoms with E-state index in [9.17, 15) is 14.4 Å². The van der Waals surface area contributed by atoms with E-state index in [-0.39, 0.29) is 30.0 Å². The Balaban J connectivity index is 1.71. The highest BCUT2D eigenvalue weighted by molar-refractivity contribution is 5.95. The number of methoxy groups -OCH3 is 1. The average Bonchev–Trinajstić information content (AvgIpc) is 3.04. The molecule has 0 aromatic heterocycles. The van der Waals surface area contributed by atoms with Crippen LogP contribution in [0.3, 0.4) is 0 Å². The molecule has 1 saturated heterocycles. The molecule has 0 amide bonds. The van der Waals surface area contributed by atoms with Gasteiger partial charge in [-0.1, -0.05) is 12.5 Å². The van der Waals surface area contributed by atoms with Crippen molar-refractivity contribution in [3.8, 4) is 5.75 Å². The van der Waals surface area contributed by atoms with Gasteiger partial charge in [-0.25, -0.2) is 4.79 Å². The SMILES string of the molecule is COc1ccc(C(=O)O[C@H]2C=C(C)CC[C@]34OC(=O)[C@H](C)[C@@H]3CC(=O)[C@]24C)cc1. The van der Waals surface area contributed by atoms with Crippen LogP contribution in [0, 0.1) is 17.3 Å². The summed E-state index contributed by atoms with van der Waals surface area (Å²) < 4.78 is 17.0. The Kier molecular flexibility index (Phi) is 4.56. The Morgan fingerprint density at radius 2 is 1.90 bits per heavy atom. The van der Waals surface area contributed by atoms with Gasteiger partial charge < -0.3 is 14.2 Å². The van der Waals surface area contributed by atoms with Gasteiger partial charge in [-0.3, -0.25) is 9.59 Å². The second kappa shape index (κ2) is 6.71. The number of hydrogen-bond donors (Lipinski definition) is 0. The predicted molar refractivity (Wildman–Crippen MR) is 104 cm³/mol. The van der Waals surface area contributed by atoms with Gasteiger partial charge in [-0.15, -0.1) is 0 Å². The van der Waals surface area contributed by atoms with Crippen LogP contribution in [0.1, 0.15) is 50.4 Å². The Labute approximate surface area is 170 Å². The summed E-state index contributed by atoms with van der Waals surface area (Å²) in [6.45, 7) is 5.57. The van der Waals surface area contributed by atoms with Crippen LogP contribution in [-0.2, 0) is 19.1 Å². The van der Waals surface area contributed by atoms with Crippen LogP contribution in [0.25, 0.3) is 0 Å². The van der Waals surface area contributed by atoms with E-state index in [4.69, 9.17) is 14.2 Å². The first-order valence-corrected chi connectivity index (χ1v) is 10.0. The molecule has 0 N–H and O–H groups in total. The third-order valence-electron chi connectivity index (χ3n) is 7.18. The minimum Gasteiger partial charge on any atom is -0.497 e. The van der Waals surface area contributed by atoms with Crippen LogP contribution < -0.4 is 4.74 Å². The van der Waals surface area contributed by atoms with Crippen molar-refractivity contribution in [3.05, 3.63) is 41.5 Å². The van der Waals surface area contributed by atoms with Crippen molar-refractivity contribution in [1.29, 1.82) is 0 Å². The predicted octanol–water partition coefficient (Wildman–Crippen LogP) is 3.49. The van der Waals surface area contributed by atoms with E-state index >= 15 is 0 Å². The first-order chi connectivity index (χ1) is 13.7. The molecule has 29 heavy (non-hydrogen) atoms. The first kappa shape index (κ1) is 19.7. The Morgan fingerprint density at radius 1 is 1.21 bits per heavy atom. The molecule has 6 heteroatoms. The molecule has 1 aromatic rings. The van der Waals surface area contributed by atoms with E-state index < -0.39 is 23.1 Å². The molecule has 1 heterocycles. The maximum atomic E-state index is 13.2. The van der Waals surface area contributed by atoms with Crippen molar-refractivity contribution in [3.63, 3.8) is 0 Å². The summed E-state index contributed by atoms with van der Waals surface area (Å²) >= 11 is 0. The van der Waals surface area contributed by atoms with E-state index in [1.54, 1.807) is 38.3 Å². The fourth-order valence-corrected chi connectivity index (χ4v) is 5.25. The van der Waals surface area contributed by atoms with Gasteiger partial charge in [-0.2, -0.15) is 0 Å². The molecular weight excluding hydrogens is 372 g/mol. The topological polar surface area (TPSA) is 78.9 Å². The van der Waals surface area contributed by atoms with E-state index in [2.05, 4.69) is 0 Å². The number of Topliss-reactive ketones (excluding diaryl/α,β-unsaturated/α-hetero) is 1. The molecule has 0 radical (unpaired) electrons. The summed E-state index contributed by atoms with van der Waals surface area (Å²) in [7, 11) is 1.55. The molecule has 0 bridgehead atoms. The van der Waals surface area contributed by atoms with Crippen LogP contribution in [0.15, 0.2) is 35.9 Å². The third-order valence-corrected chi connectivity index (χ3v) is 7.18. The van der Waals surface area contributed by atoms with Crippen molar-refractivity contribution in [2.75, 3.05) is 7.11 Å². The van der Waals surface area contributed by atoms with Crippen LogP contribution in [0.2, 0.25) is 0 Å². The summed E-state index contributed by atoms with van der Waals surface area (Å²) in [6, 6.07) is 6.63. The van der Waals surface area contributed by atoms with Crippen LogP contribution in [0.5, 0.6) is 5.75 Å². The number of carbonyl (C=O) groups excluding carboxylic acids is 3. The molecule has 1 aliphatic heterocycles. The lowest BCUT2D eigenvalue weighted by Gasteiger charge is -2.43. The van der Waals surface area contributed by atoms with Crippen molar-refractivity contribution >= 4 is 17.7 Å². The lowest BCUT2D eigenvalue weighted by molar-refractivity contribution is -0.171. The summed E-state index contributed by atoms with van der Waals surface area (Å²) in [5, 5.41) is 0. The molecule has 2 aliphatic carbocycles. The van der Waals surface area contributed by atoms with Gasteiger partial charge in [0.05, 0.1) is 18.6 Å². The zero-order valence-corrected chi connectivity index (χ0v) is 17.2. The number of carbonyl (C=O) groups is 3. The minimum atomic E-state index is -1.10. The quantitative estimate of drug-likeness (QED) is 0.573. The van der Waals surface area contributed by atoms with Crippen LogP contribution in [-0.4, -0.2) is 36.5 Å². The summed E-state index contributed by atoms with van der Waals surface area (Å²) in [5.74, 6) is -0.688. The normalized spacial score (nSPS) is 35.9. The molecule has 6 nitrogen and oxygen atoms in total. The van der Waals surface area contributed by atoms with Crippen molar-refractivity contribution in [1.82, 2.24) is 0 Å². The second-order valence-electron chi connectivity index (χ2n) is 8.60. The molecular formula is C23H26O6. The Hall–Kier alpha value is -2.63. The van der Waals surface area contributed by atoms with E-state index in [0.717, 1.165) is 5.57 Å². The maximum absolute atomic E-state index is 13.2. The number of ketones is 1. The average molecular weight is 398 g/mol. The number of hydrogen-bond acceptors (Lipinski definition) is 6. The van der Waals surface area contributed by atoms with Crippen LogP contribution in [0.4, 0.5) is 0 Å². The van der Waals surface area contributed by atoms with Gasteiger partial charge in [0.1, 0.15) is 28.7 Å². The van der Waals surface area contributed by atoms with E-state index in [0.29, 0.717) is 24.2 Å².